The van der Waals surface area contributed by atoms with Gasteiger partial charge in [-0.1, -0.05) is 34.1 Å². The van der Waals surface area contributed by atoms with Crippen LogP contribution in [0.25, 0.3) is 0 Å². The number of halogens is 5. The molecule has 0 radical (unpaired) electrons. The molecule has 6 nitrogen and oxygen atoms in total. The zero-order valence-electron chi connectivity index (χ0n) is 19.3. The van der Waals surface area contributed by atoms with E-state index in [1.165, 1.54) is 18.2 Å². The van der Waals surface area contributed by atoms with Crippen LogP contribution in [-0.2, 0) is 11.8 Å². The van der Waals surface area contributed by atoms with E-state index in [1.54, 1.807) is 11.0 Å². The average molecular weight is 580 g/mol. The van der Waals surface area contributed by atoms with E-state index in [9.17, 15) is 32.3 Å². The fraction of sp³-hybridized carbons (Fsp3) is 0.231. The third kappa shape index (κ3) is 6.28. The first-order valence-electron chi connectivity index (χ1n) is 11.3. The molecular weight excluding hydrogens is 558 g/mol. The van der Waals surface area contributed by atoms with Crippen LogP contribution in [0.3, 0.4) is 0 Å². The highest BCUT2D eigenvalue weighted by molar-refractivity contribution is 9.10. The lowest BCUT2D eigenvalue weighted by Gasteiger charge is -2.38. The predicted molar refractivity (Wildman–Crippen MR) is 134 cm³/mol. The molecule has 1 aliphatic heterocycles. The van der Waals surface area contributed by atoms with Crippen molar-refractivity contribution in [1.82, 2.24) is 4.90 Å². The minimum Gasteiger partial charge on any atom is -0.385 e. The minimum absolute atomic E-state index is 0.142. The number of amides is 3. The van der Waals surface area contributed by atoms with E-state index in [0.717, 1.165) is 22.2 Å². The predicted octanol–water partition coefficient (Wildman–Crippen LogP) is 6.37. The molecule has 3 aromatic rings. The first-order chi connectivity index (χ1) is 17.4. The molecule has 11 heteroatoms. The number of benzene rings is 3. The van der Waals surface area contributed by atoms with E-state index >= 15 is 0 Å². The molecule has 37 heavy (non-hydrogen) atoms. The van der Waals surface area contributed by atoms with Crippen LogP contribution in [0.5, 0.6) is 0 Å². The van der Waals surface area contributed by atoms with Crippen LogP contribution in [-0.4, -0.2) is 35.0 Å². The maximum absolute atomic E-state index is 13.3. The van der Waals surface area contributed by atoms with Crippen molar-refractivity contribution in [2.75, 3.05) is 23.7 Å². The van der Waals surface area contributed by atoms with Crippen LogP contribution >= 0.6 is 15.9 Å². The standard InChI is InChI=1S/C26H22BrF4N3O3/c27-17-6-4-16(5-7-17)25(37)10-12-34(13-11-25)24(36)33-20-3-1-2-19(15-20)32-23(35)21-9-8-18(28)14-22(21)26(29,30)31/h1-9,14-15,37H,10-13H2,(H,32,35)(H,33,36). The van der Waals surface area contributed by atoms with Crippen LogP contribution in [0, 0.1) is 5.82 Å². The zero-order valence-corrected chi connectivity index (χ0v) is 20.9. The molecule has 1 saturated heterocycles. The second-order valence-electron chi connectivity index (χ2n) is 8.68. The first kappa shape index (κ1) is 26.6. The number of urea groups is 1. The maximum atomic E-state index is 13.3. The summed E-state index contributed by atoms with van der Waals surface area (Å²) in [6, 6.07) is 14.7. The van der Waals surface area contributed by atoms with E-state index in [1.807, 2.05) is 24.3 Å². The molecular formula is C26H22BrF4N3O3. The first-order valence-corrected chi connectivity index (χ1v) is 12.1. The Bertz CT molecular complexity index is 1310. The van der Waals surface area contributed by atoms with Gasteiger partial charge in [-0.3, -0.25) is 4.79 Å². The second-order valence-corrected chi connectivity index (χ2v) is 9.59. The fourth-order valence-electron chi connectivity index (χ4n) is 4.15. The molecule has 0 atom stereocenters. The molecule has 4 rings (SSSR count). The van der Waals surface area contributed by atoms with Gasteiger partial charge in [-0.2, -0.15) is 13.2 Å². The lowest BCUT2D eigenvalue weighted by Crippen LogP contribution is -2.46. The quantitative estimate of drug-likeness (QED) is 0.314. The number of likely N-dealkylation sites (tertiary alicyclic amines) is 1. The highest BCUT2D eigenvalue weighted by atomic mass is 79.9. The zero-order chi connectivity index (χ0) is 26.8. The van der Waals surface area contributed by atoms with Crippen molar-refractivity contribution in [1.29, 1.82) is 0 Å². The van der Waals surface area contributed by atoms with Crippen LogP contribution in [0.2, 0.25) is 0 Å². The van der Waals surface area contributed by atoms with Crippen molar-refractivity contribution in [2.24, 2.45) is 0 Å². The van der Waals surface area contributed by atoms with Gasteiger partial charge >= 0.3 is 12.2 Å². The lowest BCUT2D eigenvalue weighted by molar-refractivity contribution is -0.138. The summed E-state index contributed by atoms with van der Waals surface area (Å²) in [4.78, 5) is 26.8. The monoisotopic (exact) mass is 579 g/mol. The number of carbonyl (C=O) groups excluding carboxylic acids is 2. The summed E-state index contributed by atoms with van der Waals surface area (Å²) < 4.78 is 54.0. The Morgan fingerprint density at radius 2 is 1.54 bits per heavy atom. The molecule has 1 heterocycles. The van der Waals surface area contributed by atoms with Gasteiger partial charge in [0.2, 0.25) is 0 Å². The summed E-state index contributed by atoms with van der Waals surface area (Å²) in [5.74, 6) is -2.18. The number of hydrogen-bond donors (Lipinski definition) is 3. The number of hydrogen-bond acceptors (Lipinski definition) is 3. The van der Waals surface area contributed by atoms with Crippen LogP contribution in [0.1, 0.15) is 34.3 Å². The SMILES string of the molecule is O=C(Nc1cccc(NC(=O)N2CCC(O)(c3ccc(Br)cc3)CC2)c1)c1ccc(F)cc1C(F)(F)F. The summed E-state index contributed by atoms with van der Waals surface area (Å²) in [5, 5.41) is 16.1. The number of alkyl halides is 3. The van der Waals surface area contributed by atoms with E-state index in [-0.39, 0.29) is 11.8 Å². The number of nitrogens with zero attached hydrogens (tertiary/aromatic N) is 1. The van der Waals surface area contributed by atoms with Gasteiger partial charge < -0.3 is 20.6 Å². The number of piperidine rings is 1. The summed E-state index contributed by atoms with van der Waals surface area (Å²) in [6.07, 6.45) is -4.22. The van der Waals surface area contributed by atoms with Gasteiger partial charge in [0.25, 0.3) is 5.91 Å². The Balaban J connectivity index is 1.39. The van der Waals surface area contributed by atoms with E-state index in [0.29, 0.717) is 31.6 Å². The van der Waals surface area contributed by atoms with Crippen molar-refractivity contribution in [3.8, 4) is 0 Å². The molecule has 194 valence electrons. The van der Waals surface area contributed by atoms with Crippen LogP contribution in [0.15, 0.2) is 71.2 Å². The minimum atomic E-state index is -4.91. The van der Waals surface area contributed by atoms with Crippen molar-refractivity contribution >= 4 is 39.2 Å². The Morgan fingerprint density at radius 3 is 2.16 bits per heavy atom. The number of anilines is 2. The van der Waals surface area contributed by atoms with Gasteiger partial charge in [0.15, 0.2) is 0 Å². The normalized spacial score (nSPS) is 15.2. The topological polar surface area (TPSA) is 81.7 Å². The van der Waals surface area contributed by atoms with Crippen LogP contribution in [0.4, 0.5) is 33.7 Å². The van der Waals surface area contributed by atoms with Gasteiger partial charge in [0.1, 0.15) is 5.82 Å². The molecule has 3 aromatic carbocycles. The molecule has 0 saturated carbocycles. The summed E-state index contributed by atoms with van der Waals surface area (Å²) >= 11 is 3.37. The Morgan fingerprint density at radius 1 is 0.919 bits per heavy atom. The Labute approximate surface area is 218 Å². The second kappa shape index (κ2) is 10.5. The third-order valence-electron chi connectivity index (χ3n) is 6.16. The highest BCUT2D eigenvalue weighted by Gasteiger charge is 2.36. The van der Waals surface area contributed by atoms with Crippen molar-refractivity contribution in [3.63, 3.8) is 0 Å². The van der Waals surface area contributed by atoms with Gasteiger partial charge in [-0.05, 0) is 66.9 Å². The van der Waals surface area contributed by atoms with E-state index in [4.69, 9.17) is 0 Å². The smallest absolute Gasteiger partial charge is 0.385 e. The summed E-state index contributed by atoms with van der Waals surface area (Å²) in [6.45, 7) is 0.610. The van der Waals surface area contributed by atoms with Crippen molar-refractivity contribution in [3.05, 3.63) is 93.7 Å². The van der Waals surface area contributed by atoms with E-state index in [2.05, 4.69) is 26.6 Å². The van der Waals surface area contributed by atoms with Crippen molar-refractivity contribution in [2.45, 2.75) is 24.6 Å². The summed E-state index contributed by atoms with van der Waals surface area (Å²) in [5.41, 5.74) is -1.93. The van der Waals surface area contributed by atoms with Gasteiger partial charge in [-0.25, -0.2) is 9.18 Å². The largest absolute Gasteiger partial charge is 0.417 e. The van der Waals surface area contributed by atoms with Gasteiger partial charge in [0.05, 0.1) is 16.7 Å². The van der Waals surface area contributed by atoms with E-state index < -0.39 is 40.7 Å². The Kier molecular flexibility index (Phi) is 7.56. The molecule has 0 aliphatic carbocycles. The van der Waals surface area contributed by atoms with Crippen molar-refractivity contribution < 1.29 is 32.3 Å². The Hall–Kier alpha value is -3.44. The van der Waals surface area contributed by atoms with Gasteiger partial charge in [0, 0.05) is 28.9 Å². The molecule has 3 amide bonds. The maximum Gasteiger partial charge on any atom is 0.417 e. The fourth-order valence-corrected chi connectivity index (χ4v) is 4.42. The van der Waals surface area contributed by atoms with Gasteiger partial charge in [-0.15, -0.1) is 0 Å². The number of rotatable bonds is 4. The lowest BCUT2D eigenvalue weighted by atomic mass is 9.84. The molecule has 3 N–H and O–H groups in total. The molecule has 0 bridgehead atoms. The molecule has 1 aliphatic rings. The summed E-state index contributed by atoms with van der Waals surface area (Å²) in [7, 11) is 0. The van der Waals surface area contributed by atoms with Crippen LogP contribution < -0.4 is 10.6 Å². The number of nitrogens with one attached hydrogen (secondary N) is 2. The number of aliphatic hydroxyl groups is 1. The average Bonchev–Trinajstić information content (AvgIpc) is 2.84. The third-order valence-corrected chi connectivity index (χ3v) is 6.69. The molecule has 0 unspecified atom stereocenters. The molecule has 1 fully saturated rings. The number of carbonyl (C=O) groups is 2. The highest BCUT2D eigenvalue weighted by Crippen LogP contribution is 2.34. The molecule has 0 aromatic heterocycles. The molecule has 0 spiro atoms.